The van der Waals surface area contributed by atoms with E-state index in [-0.39, 0.29) is 11.7 Å². The highest BCUT2D eigenvalue weighted by atomic mass is 35.5. The van der Waals surface area contributed by atoms with Crippen molar-refractivity contribution >= 4 is 23.3 Å². The van der Waals surface area contributed by atoms with Crippen LogP contribution in [-0.4, -0.2) is 53.9 Å². The first kappa shape index (κ1) is 14.1. The summed E-state index contributed by atoms with van der Waals surface area (Å²) in [6.45, 7) is 1.53. The Labute approximate surface area is 118 Å². The van der Waals surface area contributed by atoms with E-state index < -0.39 is 0 Å². The van der Waals surface area contributed by atoms with Crippen LogP contribution in [0.15, 0.2) is 12.3 Å². The number of rotatable bonds is 2. The highest BCUT2D eigenvalue weighted by Gasteiger charge is 2.25. The molecule has 19 heavy (non-hydrogen) atoms. The monoisotopic (exact) mass is 282 g/mol. The first-order valence-corrected chi connectivity index (χ1v) is 6.73. The van der Waals surface area contributed by atoms with Crippen molar-refractivity contribution < 1.29 is 4.79 Å². The van der Waals surface area contributed by atoms with Crippen molar-refractivity contribution in [2.24, 2.45) is 0 Å². The summed E-state index contributed by atoms with van der Waals surface area (Å²) in [6.07, 6.45) is 3.63. The quantitative estimate of drug-likeness (QED) is 0.893. The predicted octanol–water partition coefficient (Wildman–Crippen LogP) is 1.48. The van der Waals surface area contributed by atoms with Crippen molar-refractivity contribution in [1.82, 2.24) is 14.8 Å². The molecule has 2 rings (SSSR count). The van der Waals surface area contributed by atoms with Crippen molar-refractivity contribution in [1.29, 1.82) is 0 Å². The lowest BCUT2D eigenvalue weighted by Crippen LogP contribution is -2.47. The smallest absolute Gasteiger partial charge is 0.255 e. The van der Waals surface area contributed by atoms with Crippen LogP contribution in [0.1, 0.15) is 23.2 Å². The predicted molar refractivity (Wildman–Crippen MR) is 76.3 cm³/mol. The lowest BCUT2D eigenvalue weighted by molar-refractivity contribution is 0.0635. The molecule has 104 valence electrons. The maximum Gasteiger partial charge on any atom is 0.255 e. The summed E-state index contributed by atoms with van der Waals surface area (Å²) in [5, 5.41) is 0.326. The summed E-state index contributed by atoms with van der Waals surface area (Å²) >= 11 is 5.91. The Bertz CT molecular complexity index is 478. The Hall–Kier alpha value is -1.33. The average Bonchev–Trinajstić information content (AvgIpc) is 2.41. The molecule has 1 atom stereocenters. The van der Waals surface area contributed by atoms with Crippen LogP contribution in [0.25, 0.3) is 0 Å². The maximum absolute atomic E-state index is 12.4. The fourth-order valence-corrected chi connectivity index (χ4v) is 2.48. The number of carbonyl (C=O) groups excluding carboxylic acids is 1. The Morgan fingerprint density at radius 3 is 2.95 bits per heavy atom. The fraction of sp³-hybridized carbons (Fsp3) is 0.538. The number of carbonyl (C=O) groups is 1. The molecule has 1 aliphatic rings. The minimum Gasteiger partial charge on any atom is -0.382 e. The van der Waals surface area contributed by atoms with Crippen molar-refractivity contribution in [2.75, 3.05) is 32.9 Å². The maximum atomic E-state index is 12.4. The lowest BCUT2D eigenvalue weighted by atomic mass is 10.0. The molecular formula is C13H19ClN4O. The van der Waals surface area contributed by atoms with Crippen LogP contribution in [-0.2, 0) is 0 Å². The number of aromatic nitrogens is 1. The zero-order valence-electron chi connectivity index (χ0n) is 11.3. The van der Waals surface area contributed by atoms with E-state index in [0.717, 1.165) is 25.9 Å². The van der Waals surface area contributed by atoms with Gasteiger partial charge in [0.25, 0.3) is 5.91 Å². The molecule has 0 saturated carbocycles. The van der Waals surface area contributed by atoms with Gasteiger partial charge in [-0.3, -0.25) is 4.79 Å². The molecule has 1 aliphatic heterocycles. The van der Waals surface area contributed by atoms with Crippen LogP contribution in [0, 0.1) is 0 Å². The number of pyridine rings is 1. The normalized spacial score (nSPS) is 19.8. The molecule has 6 heteroatoms. The molecule has 2 N–H and O–H groups in total. The number of likely N-dealkylation sites (N-methyl/N-ethyl adjacent to an activating group) is 1. The second-order valence-electron chi connectivity index (χ2n) is 5.10. The Kier molecular flexibility index (Phi) is 4.27. The summed E-state index contributed by atoms with van der Waals surface area (Å²) in [7, 11) is 4.08. The molecule has 0 spiro atoms. The third-order valence-corrected chi connectivity index (χ3v) is 3.83. The van der Waals surface area contributed by atoms with Gasteiger partial charge in [-0.25, -0.2) is 4.98 Å². The van der Waals surface area contributed by atoms with E-state index in [0.29, 0.717) is 16.6 Å². The molecule has 0 aromatic carbocycles. The number of nitrogen functional groups attached to an aromatic ring is 1. The molecule has 1 aromatic rings. The molecule has 1 fully saturated rings. The number of hydrogen-bond acceptors (Lipinski definition) is 4. The first-order valence-electron chi connectivity index (χ1n) is 6.35. The van der Waals surface area contributed by atoms with Gasteiger partial charge in [0.15, 0.2) is 0 Å². The zero-order valence-corrected chi connectivity index (χ0v) is 12.0. The number of amides is 1. The van der Waals surface area contributed by atoms with Crippen LogP contribution in [0.4, 0.5) is 5.82 Å². The van der Waals surface area contributed by atoms with Crippen molar-refractivity contribution in [2.45, 2.75) is 18.9 Å². The van der Waals surface area contributed by atoms with E-state index in [4.69, 9.17) is 17.3 Å². The molecule has 1 saturated heterocycles. The summed E-state index contributed by atoms with van der Waals surface area (Å²) in [6, 6.07) is 2.00. The average molecular weight is 283 g/mol. The van der Waals surface area contributed by atoms with Crippen LogP contribution >= 0.6 is 11.6 Å². The van der Waals surface area contributed by atoms with Crippen molar-refractivity contribution in [3.05, 3.63) is 22.8 Å². The lowest BCUT2D eigenvalue weighted by Gasteiger charge is -2.36. The Morgan fingerprint density at radius 1 is 1.58 bits per heavy atom. The highest BCUT2D eigenvalue weighted by Crippen LogP contribution is 2.20. The van der Waals surface area contributed by atoms with Gasteiger partial charge in [-0.1, -0.05) is 11.6 Å². The number of likely N-dealkylation sites (tertiary alicyclic amines) is 1. The number of piperidine rings is 1. The van der Waals surface area contributed by atoms with Crippen LogP contribution in [0.3, 0.4) is 0 Å². The molecule has 2 heterocycles. The molecule has 1 unspecified atom stereocenters. The second-order valence-corrected chi connectivity index (χ2v) is 5.51. The van der Waals surface area contributed by atoms with Gasteiger partial charge in [0.1, 0.15) is 5.82 Å². The summed E-state index contributed by atoms with van der Waals surface area (Å²) in [4.78, 5) is 20.4. The van der Waals surface area contributed by atoms with Gasteiger partial charge in [-0.2, -0.15) is 0 Å². The first-order chi connectivity index (χ1) is 8.99. The fourth-order valence-electron chi connectivity index (χ4n) is 2.31. The van der Waals surface area contributed by atoms with E-state index >= 15 is 0 Å². The number of hydrogen-bond donors (Lipinski definition) is 1. The van der Waals surface area contributed by atoms with Gasteiger partial charge < -0.3 is 15.5 Å². The number of nitrogens with zero attached hydrogens (tertiary/aromatic N) is 3. The standard InChI is InChI=1S/C13H19ClN4O/c1-17(2)10-4-3-5-18(8-10)13(19)9-6-11(14)12(15)16-7-9/h6-7,10H,3-5,8H2,1-2H3,(H2,15,16). The molecule has 1 amide bonds. The van der Waals surface area contributed by atoms with Crippen LogP contribution < -0.4 is 5.73 Å². The van der Waals surface area contributed by atoms with Gasteiger partial charge in [0.2, 0.25) is 0 Å². The molecule has 1 aromatic heterocycles. The molecule has 0 aliphatic carbocycles. The van der Waals surface area contributed by atoms with Crippen molar-refractivity contribution in [3.8, 4) is 0 Å². The van der Waals surface area contributed by atoms with E-state index in [1.807, 2.05) is 19.0 Å². The third-order valence-electron chi connectivity index (χ3n) is 3.53. The molecule has 0 radical (unpaired) electrons. The van der Waals surface area contributed by atoms with E-state index in [1.54, 1.807) is 6.07 Å². The zero-order chi connectivity index (χ0) is 14.0. The van der Waals surface area contributed by atoms with Crippen LogP contribution in [0.2, 0.25) is 5.02 Å². The molecule has 5 nitrogen and oxygen atoms in total. The number of anilines is 1. The molecular weight excluding hydrogens is 264 g/mol. The van der Waals surface area contributed by atoms with Crippen molar-refractivity contribution in [3.63, 3.8) is 0 Å². The van der Waals surface area contributed by atoms with Crippen LogP contribution in [0.5, 0.6) is 0 Å². The third kappa shape index (κ3) is 3.16. The van der Waals surface area contributed by atoms with Gasteiger partial charge in [-0.05, 0) is 33.0 Å². The van der Waals surface area contributed by atoms with E-state index in [9.17, 15) is 4.79 Å². The number of nitrogens with two attached hydrogens (primary N) is 1. The SMILES string of the molecule is CN(C)C1CCCN(C(=O)c2cnc(N)c(Cl)c2)C1. The van der Waals surface area contributed by atoms with Gasteiger partial charge in [0.05, 0.1) is 10.6 Å². The second kappa shape index (κ2) is 5.75. The Morgan fingerprint density at radius 2 is 2.32 bits per heavy atom. The van der Waals surface area contributed by atoms with Gasteiger partial charge in [-0.15, -0.1) is 0 Å². The topological polar surface area (TPSA) is 62.5 Å². The summed E-state index contributed by atoms with van der Waals surface area (Å²) < 4.78 is 0. The van der Waals surface area contributed by atoms with E-state index in [1.165, 1.54) is 6.20 Å². The number of halogens is 1. The largest absolute Gasteiger partial charge is 0.382 e. The molecule has 0 bridgehead atoms. The Balaban J connectivity index is 2.12. The minimum atomic E-state index is -0.0269. The van der Waals surface area contributed by atoms with Gasteiger partial charge in [0, 0.05) is 25.3 Å². The van der Waals surface area contributed by atoms with Gasteiger partial charge >= 0.3 is 0 Å². The summed E-state index contributed by atoms with van der Waals surface area (Å²) in [5.41, 5.74) is 6.05. The highest BCUT2D eigenvalue weighted by molar-refractivity contribution is 6.33. The van der Waals surface area contributed by atoms with E-state index in [2.05, 4.69) is 9.88 Å². The summed E-state index contributed by atoms with van der Waals surface area (Å²) in [5.74, 6) is 0.226. The minimum absolute atomic E-state index is 0.0269.